The summed E-state index contributed by atoms with van der Waals surface area (Å²) in [6.45, 7) is 5.02. The number of nitrogens with zero attached hydrogens (tertiary/aromatic N) is 1. The Balaban J connectivity index is 2.26. The summed E-state index contributed by atoms with van der Waals surface area (Å²) in [6, 6.07) is 4.85. The SMILES string of the molecule is CCNCc1cc(S(=O)(=O)N2CCOCC2)ccc1Cl. The summed E-state index contributed by atoms with van der Waals surface area (Å²) in [5, 5.41) is 3.73. The normalized spacial score (nSPS) is 17.3. The first-order chi connectivity index (χ1) is 9.55. The van der Waals surface area contributed by atoms with Crippen molar-refractivity contribution in [2.45, 2.75) is 18.4 Å². The number of ether oxygens (including phenoxy) is 1. The third-order valence-corrected chi connectivity index (χ3v) is 5.45. The minimum Gasteiger partial charge on any atom is -0.379 e. The van der Waals surface area contributed by atoms with Crippen LogP contribution in [0.3, 0.4) is 0 Å². The van der Waals surface area contributed by atoms with Crippen LogP contribution in [0.25, 0.3) is 0 Å². The van der Waals surface area contributed by atoms with E-state index < -0.39 is 10.0 Å². The van der Waals surface area contributed by atoms with E-state index in [-0.39, 0.29) is 4.90 Å². The lowest BCUT2D eigenvalue weighted by molar-refractivity contribution is 0.0730. The van der Waals surface area contributed by atoms with Crippen LogP contribution in [0.1, 0.15) is 12.5 Å². The van der Waals surface area contributed by atoms with Crippen LogP contribution in [-0.4, -0.2) is 45.6 Å². The van der Waals surface area contributed by atoms with Gasteiger partial charge < -0.3 is 10.1 Å². The number of benzene rings is 1. The molecule has 1 aliphatic rings. The van der Waals surface area contributed by atoms with Crippen molar-refractivity contribution in [1.82, 2.24) is 9.62 Å². The first-order valence-corrected chi connectivity index (χ1v) is 8.44. The molecule has 0 aliphatic carbocycles. The summed E-state index contributed by atoms with van der Waals surface area (Å²) < 4.78 is 31.7. The molecule has 1 aromatic carbocycles. The molecule has 1 fully saturated rings. The number of rotatable bonds is 5. The molecule has 7 heteroatoms. The van der Waals surface area contributed by atoms with Gasteiger partial charge in [0.15, 0.2) is 0 Å². The van der Waals surface area contributed by atoms with Crippen molar-refractivity contribution in [3.8, 4) is 0 Å². The summed E-state index contributed by atoms with van der Waals surface area (Å²) in [7, 11) is -3.46. The minimum absolute atomic E-state index is 0.289. The largest absolute Gasteiger partial charge is 0.379 e. The van der Waals surface area contributed by atoms with Gasteiger partial charge in [-0.1, -0.05) is 18.5 Å². The van der Waals surface area contributed by atoms with Crippen LogP contribution in [0.15, 0.2) is 23.1 Å². The average Bonchev–Trinajstić information content (AvgIpc) is 2.47. The fraction of sp³-hybridized carbons (Fsp3) is 0.538. The summed E-state index contributed by atoms with van der Waals surface area (Å²) in [5.74, 6) is 0. The van der Waals surface area contributed by atoms with E-state index >= 15 is 0 Å². The molecule has 0 amide bonds. The van der Waals surface area contributed by atoms with Crippen molar-refractivity contribution < 1.29 is 13.2 Å². The topological polar surface area (TPSA) is 58.6 Å². The lowest BCUT2D eigenvalue weighted by atomic mass is 10.2. The molecule has 1 aromatic rings. The van der Waals surface area contributed by atoms with E-state index in [1.165, 1.54) is 4.31 Å². The molecule has 1 aliphatic heterocycles. The Morgan fingerprint density at radius 2 is 2.05 bits per heavy atom. The van der Waals surface area contributed by atoms with Crippen molar-refractivity contribution >= 4 is 21.6 Å². The molecule has 0 saturated carbocycles. The molecule has 0 radical (unpaired) electrons. The molecule has 5 nitrogen and oxygen atoms in total. The number of halogens is 1. The maximum Gasteiger partial charge on any atom is 0.243 e. The van der Waals surface area contributed by atoms with Crippen molar-refractivity contribution in [3.05, 3.63) is 28.8 Å². The predicted molar refractivity (Wildman–Crippen MR) is 78.4 cm³/mol. The van der Waals surface area contributed by atoms with E-state index in [0.29, 0.717) is 37.9 Å². The van der Waals surface area contributed by atoms with Crippen molar-refractivity contribution in [3.63, 3.8) is 0 Å². The maximum absolute atomic E-state index is 12.5. The fourth-order valence-corrected chi connectivity index (χ4v) is 3.69. The van der Waals surface area contributed by atoms with E-state index in [1.54, 1.807) is 18.2 Å². The summed E-state index contributed by atoms with van der Waals surface area (Å²) in [6.07, 6.45) is 0. The number of nitrogens with one attached hydrogen (secondary N) is 1. The monoisotopic (exact) mass is 318 g/mol. The molecule has 2 rings (SSSR count). The molecule has 1 N–H and O–H groups in total. The number of hydrogen-bond acceptors (Lipinski definition) is 4. The lowest BCUT2D eigenvalue weighted by Crippen LogP contribution is -2.40. The predicted octanol–water partition coefficient (Wildman–Crippen LogP) is 1.47. The lowest BCUT2D eigenvalue weighted by Gasteiger charge is -2.26. The number of sulfonamides is 1. The van der Waals surface area contributed by atoms with Crippen molar-refractivity contribution in [1.29, 1.82) is 0 Å². The van der Waals surface area contributed by atoms with E-state index in [4.69, 9.17) is 16.3 Å². The van der Waals surface area contributed by atoms with Gasteiger partial charge in [-0.15, -0.1) is 0 Å². The Morgan fingerprint density at radius 3 is 2.70 bits per heavy atom. The van der Waals surface area contributed by atoms with E-state index in [2.05, 4.69) is 5.32 Å². The molecule has 0 spiro atoms. The van der Waals surface area contributed by atoms with Gasteiger partial charge in [-0.05, 0) is 30.3 Å². The third-order valence-electron chi connectivity index (χ3n) is 3.19. The Labute approximate surface area is 124 Å². The second-order valence-electron chi connectivity index (χ2n) is 4.55. The van der Waals surface area contributed by atoms with E-state index in [1.807, 2.05) is 6.92 Å². The first-order valence-electron chi connectivity index (χ1n) is 6.62. The first kappa shape index (κ1) is 15.7. The van der Waals surface area contributed by atoms with Crippen LogP contribution in [0.4, 0.5) is 0 Å². The third kappa shape index (κ3) is 3.51. The zero-order chi connectivity index (χ0) is 14.6. The average molecular weight is 319 g/mol. The highest BCUT2D eigenvalue weighted by atomic mass is 35.5. The smallest absolute Gasteiger partial charge is 0.243 e. The standard InChI is InChI=1S/C13H19ClN2O3S/c1-2-15-10-11-9-12(3-4-13(11)14)20(17,18)16-5-7-19-8-6-16/h3-4,9,15H,2,5-8,10H2,1H3. The van der Waals surface area contributed by atoms with Gasteiger partial charge in [-0.3, -0.25) is 0 Å². The van der Waals surface area contributed by atoms with Gasteiger partial charge in [0, 0.05) is 24.7 Å². The molecule has 0 unspecified atom stereocenters. The van der Waals surface area contributed by atoms with Gasteiger partial charge in [-0.2, -0.15) is 4.31 Å². The molecule has 0 atom stereocenters. The summed E-state index contributed by atoms with van der Waals surface area (Å²) in [5.41, 5.74) is 0.794. The van der Waals surface area contributed by atoms with Crippen LogP contribution < -0.4 is 5.32 Å². The molecular weight excluding hydrogens is 300 g/mol. The van der Waals surface area contributed by atoms with Crippen LogP contribution >= 0.6 is 11.6 Å². The molecule has 1 saturated heterocycles. The number of hydrogen-bond donors (Lipinski definition) is 1. The highest BCUT2D eigenvalue weighted by Gasteiger charge is 2.26. The maximum atomic E-state index is 12.5. The zero-order valence-electron chi connectivity index (χ0n) is 11.4. The Kier molecular flexibility index (Phi) is 5.40. The Morgan fingerprint density at radius 1 is 1.35 bits per heavy atom. The molecule has 112 valence electrons. The Bertz CT molecular complexity index is 557. The molecule has 0 bridgehead atoms. The molecule has 20 heavy (non-hydrogen) atoms. The second-order valence-corrected chi connectivity index (χ2v) is 6.90. The van der Waals surface area contributed by atoms with Gasteiger partial charge in [0.1, 0.15) is 0 Å². The quantitative estimate of drug-likeness (QED) is 0.893. The summed E-state index contributed by atoms with van der Waals surface area (Å²) in [4.78, 5) is 0.289. The van der Waals surface area contributed by atoms with Crippen molar-refractivity contribution in [2.75, 3.05) is 32.8 Å². The minimum atomic E-state index is -3.46. The molecule has 1 heterocycles. The highest BCUT2D eigenvalue weighted by molar-refractivity contribution is 7.89. The van der Waals surface area contributed by atoms with Crippen LogP contribution in [0.5, 0.6) is 0 Å². The summed E-state index contributed by atoms with van der Waals surface area (Å²) >= 11 is 6.10. The fourth-order valence-electron chi connectivity index (χ4n) is 2.04. The van der Waals surface area contributed by atoms with E-state index in [9.17, 15) is 8.42 Å². The van der Waals surface area contributed by atoms with E-state index in [0.717, 1.165) is 12.1 Å². The number of morpholine rings is 1. The van der Waals surface area contributed by atoms with Gasteiger partial charge in [0.25, 0.3) is 0 Å². The van der Waals surface area contributed by atoms with Crippen LogP contribution in [0, 0.1) is 0 Å². The van der Waals surface area contributed by atoms with Gasteiger partial charge in [0.05, 0.1) is 18.1 Å². The van der Waals surface area contributed by atoms with Crippen LogP contribution in [-0.2, 0) is 21.3 Å². The molecule has 0 aromatic heterocycles. The zero-order valence-corrected chi connectivity index (χ0v) is 13.0. The van der Waals surface area contributed by atoms with Gasteiger partial charge >= 0.3 is 0 Å². The Hall–Kier alpha value is -0.660. The highest BCUT2D eigenvalue weighted by Crippen LogP contribution is 2.23. The second kappa shape index (κ2) is 6.87. The molecular formula is C13H19ClN2O3S. The van der Waals surface area contributed by atoms with Gasteiger partial charge in [0.2, 0.25) is 10.0 Å². The van der Waals surface area contributed by atoms with Gasteiger partial charge in [-0.25, -0.2) is 8.42 Å². The van der Waals surface area contributed by atoms with Crippen molar-refractivity contribution in [2.24, 2.45) is 0 Å². The van der Waals surface area contributed by atoms with Crippen LogP contribution in [0.2, 0.25) is 5.02 Å².